The van der Waals surface area contributed by atoms with Gasteiger partial charge < -0.3 is 422 Å². The smallest absolute Gasteiger partial charge is 2.00 e. The molecule has 77 nitrogen and oxygen atoms in total. The molecule has 0 heterocycles. The van der Waals surface area contributed by atoms with Crippen LogP contribution in [0.4, 0.5) is 0 Å². The Morgan fingerprint density at radius 3 is 0.0455 bits per heavy atom. The Morgan fingerprint density at radius 1 is 0.0455 bits per heavy atom. The average molecular weight is 5250 g/mol. The van der Waals surface area contributed by atoms with Crippen LogP contribution >= 0.6 is 0 Å². The molecule has 0 spiro atoms. The van der Waals surface area contributed by atoms with E-state index in [4.69, 9.17) is 0 Å². The number of rotatable bonds is 0. The summed E-state index contributed by atoms with van der Waals surface area (Å²) >= 11 is 0. The van der Waals surface area contributed by atoms with E-state index in [0.29, 0.717) is 0 Å². The average Bonchev–Trinajstić information content (AvgIpc) is 0. The van der Waals surface area contributed by atoms with E-state index < -0.39 is 0 Å². The van der Waals surface area contributed by atoms with Crippen molar-refractivity contribution in [2.45, 2.75) is 0 Å². The molecule has 0 aliphatic rings. The molecule has 0 saturated heterocycles. The third-order valence-corrected chi connectivity index (χ3v) is 0. The van der Waals surface area contributed by atoms with Gasteiger partial charge in [0.25, 0.3) is 0 Å². The first-order valence-corrected chi connectivity index (χ1v) is 0. The van der Waals surface area contributed by atoms with E-state index >= 15 is 0 Å². The second-order valence-electron chi connectivity index (χ2n) is 0. The minimum Gasteiger partial charge on any atom is -2.00 e. The van der Waals surface area contributed by atoms with E-state index in [0.717, 1.165) is 0 Å². The molecular weight excluding hydrogens is 5250 g/mol. The second kappa shape index (κ2) is 3560. The van der Waals surface area contributed by atoms with Crippen molar-refractivity contribution in [1.29, 1.82) is 0 Å². The van der Waals surface area contributed by atoms with Gasteiger partial charge in [-0.2, -0.15) is 0 Å². The first kappa shape index (κ1) is 3640. The van der Waals surface area contributed by atoms with Crippen molar-refractivity contribution in [1.82, 2.24) is 0 Å². The van der Waals surface area contributed by atoms with E-state index in [1.165, 1.54) is 0 Å². The SMILES string of the molecule is [Ge+4].[Ge+4].[K+].[K+].[K+].[K+].[K+].[K+].[K+].[O-2].[O-2].[O-2].[O-2].[O-2].[O-2].[O-2].[O-2].[O-2].[O-2].[O-2].[O-2].[O-2].[O-2].[O-2].[O-2].[O-2].[O-2].[O-2].[O-2].[O-2].[O-2].[O-2].[O-2].[O-2].[O-2].[O-2].[O-2].[O-2].[O-2].[O-2].[O-2].[O-2].[O-2].[O-2].[O-2].[O-2].[O-2].[O-2].[O-2].[O-2].[O-2].[O-2].[O-2].[O-2].[O-2].[O-2].[O-2].[O-2].[O-2].[O-2].[O-2].[O-2].[O-2].[O-2].[O-2].[O-2].[O-2].[O-2].[O-2].[O-2].[O-2].[O-2].[O-2].[O-2].[O-2].[O-2].[O-2].[O-2].[O-2].[O-2].[O-2].[O-2].[O-2].[O-2].[O-2].[O-2].[Ti+4].[Ti+4].[Ti+4].[Ti+4].[Ti+4].[Ti+4].[W].[W].[W].[W].[W].[W].[W].[W].[W].[W].[W].[W].[W].[W].[W].[W].[W].[W]. The van der Waals surface area contributed by atoms with Gasteiger partial charge in [-0.25, -0.2) is 0 Å². The molecule has 0 rings (SSSR count). The molecule has 724 valence electrons. The van der Waals surface area contributed by atoms with Crippen molar-refractivity contribution in [2.24, 2.45) is 0 Å². The molecule has 0 radical (unpaired) electrons. The first-order chi connectivity index (χ1) is 0. The van der Waals surface area contributed by atoms with Crippen LogP contribution in [0, 0.1) is 0 Å². The molecule has 110 heteroatoms. The summed E-state index contributed by atoms with van der Waals surface area (Å²) in [5, 5.41) is 0. The predicted molar refractivity (Wildman–Crippen MR) is 64.4 cm³/mol. The van der Waals surface area contributed by atoms with E-state index in [1.54, 1.807) is 0 Å². The van der Waals surface area contributed by atoms with Crippen molar-refractivity contribution >= 4 is 35.2 Å². The van der Waals surface area contributed by atoms with Crippen molar-refractivity contribution in [3.05, 3.63) is 0 Å². The zero-order chi connectivity index (χ0) is 0. The quantitative estimate of drug-likeness (QED) is 0.204. The second-order valence-corrected chi connectivity index (χ2v) is 0. The maximum atomic E-state index is 0. The summed E-state index contributed by atoms with van der Waals surface area (Å²) in [6, 6.07) is 0. The molecule has 0 amide bonds. The summed E-state index contributed by atoms with van der Waals surface area (Å²) in [6.07, 6.45) is 0. The van der Waals surface area contributed by atoms with E-state index in [-0.39, 0.29) is 1330 Å². The molecule has 0 fully saturated rings. The van der Waals surface area contributed by atoms with Crippen LogP contribution in [-0.4, -0.2) is 35.2 Å². The van der Waals surface area contributed by atoms with Crippen LogP contribution in [0.25, 0.3) is 0 Å². The standard InChI is InChI=1S/2Ge.7K.77O.6Ti.18W/q2*+4;7*+1;77*-2;6*+4;;;;;;;;;;;;;;;;;;. The van der Waals surface area contributed by atoms with Crippen LogP contribution in [-0.2, 0) is 931 Å². The molecule has 0 saturated carbocycles. The summed E-state index contributed by atoms with van der Waals surface area (Å²) in [4.78, 5) is 0. The Labute approximate surface area is 1290 Å². The molecule has 0 aliphatic carbocycles. The van der Waals surface area contributed by atoms with Gasteiger partial charge in [0.1, 0.15) is 0 Å². The monoisotopic (exact) mass is 5250 g/mol. The van der Waals surface area contributed by atoms with Gasteiger partial charge in [-0.15, -0.1) is 0 Å². The van der Waals surface area contributed by atoms with Crippen molar-refractivity contribution in [2.75, 3.05) is 0 Å². The Kier molecular flexibility index (Phi) is 118000. The fourth-order valence-corrected chi connectivity index (χ4v) is 0. The van der Waals surface area contributed by atoms with Gasteiger partial charge in [0.15, 0.2) is 0 Å². The molecule has 0 aromatic heterocycles. The molecule has 0 atom stereocenters. The number of hydrogen-bond acceptors (Lipinski definition) is 0. The van der Waals surface area contributed by atoms with Gasteiger partial charge in [0.2, 0.25) is 0 Å². The van der Waals surface area contributed by atoms with E-state index in [1.807, 2.05) is 0 Å². The molecule has 0 aliphatic heterocycles. The molecular formula is Ge2K7O77Ti6W18-115. The Balaban J connectivity index is 0. The Bertz CT molecular complexity index is 151. The summed E-state index contributed by atoms with van der Waals surface area (Å²) in [7, 11) is 0. The number of hydrogen-bond donors (Lipinski definition) is 0. The Morgan fingerprint density at radius 2 is 0.0455 bits per heavy atom. The third-order valence-electron chi connectivity index (χ3n) is 0. The third kappa shape index (κ3) is 3480. The zero-order valence-electron chi connectivity index (χ0n) is 49.8. The summed E-state index contributed by atoms with van der Waals surface area (Å²) in [5.41, 5.74) is 0. The van der Waals surface area contributed by atoms with Gasteiger partial charge in [0.05, 0.1) is 0 Å². The molecule has 110 heavy (non-hydrogen) atoms. The van der Waals surface area contributed by atoms with Crippen molar-refractivity contribution in [3.63, 3.8) is 0 Å². The van der Waals surface area contributed by atoms with Crippen LogP contribution < -0.4 is 360 Å². The fraction of sp³-hybridized carbons (Fsp3) is 0. The van der Waals surface area contributed by atoms with Crippen LogP contribution in [0.2, 0.25) is 0 Å². The molecule has 0 aromatic rings. The van der Waals surface area contributed by atoms with Crippen LogP contribution in [0.5, 0.6) is 0 Å². The maximum absolute atomic E-state index is 0. The molecule has 0 unspecified atom stereocenters. The predicted octanol–water partition coefficient (Wildman–Crippen LogP) is -30.9. The van der Waals surface area contributed by atoms with Gasteiger partial charge in [-0.1, -0.05) is 0 Å². The van der Waals surface area contributed by atoms with Crippen LogP contribution in [0.15, 0.2) is 0 Å². The van der Waals surface area contributed by atoms with Crippen LogP contribution in [0.3, 0.4) is 0 Å². The van der Waals surface area contributed by atoms with Gasteiger partial charge in [-0.3, -0.25) is 0 Å². The van der Waals surface area contributed by atoms with Gasteiger partial charge in [-0.05, 0) is 0 Å². The summed E-state index contributed by atoms with van der Waals surface area (Å²) < 4.78 is 0. The summed E-state index contributed by atoms with van der Waals surface area (Å²) in [6.45, 7) is 0. The molecule has 0 N–H and O–H groups in total. The first-order valence-electron chi connectivity index (χ1n) is 0. The van der Waals surface area contributed by atoms with E-state index in [9.17, 15) is 0 Å². The van der Waals surface area contributed by atoms with Crippen molar-refractivity contribution < 1.29 is 1290 Å². The molecule has 0 aromatic carbocycles. The molecule has 0 bridgehead atoms. The normalized spacial score (nSPS) is 0. The van der Waals surface area contributed by atoms with Gasteiger partial charge in [0, 0.05) is 379 Å². The summed E-state index contributed by atoms with van der Waals surface area (Å²) in [5.74, 6) is 0. The topological polar surface area (TPSA) is 2190 Å². The minimum atomic E-state index is 0. The Hall–Kier alpha value is 26.1. The minimum absolute atomic E-state index is 0. The van der Waals surface area contributed by atoms with Crippen molar-refractivity contribution in [3.8, 4) is 0 Å². The van der Waals surface area contributed by atoms with Gasteiger partial charge >= 0.3 is 525 Å². The van der Waals surface area contributed by atoms with E-state index in [2.05, 4.69) is 0 Å². The largest absolute Gasteiger partial charge is 4.00 e. The fourth-order valence-electron chi connectivity index (χ4n) is 0. The van der Waals surface area contributed by atoms with Crippen LogP contribution in [0.1, 0.15) is 0 Å². The maximum Gasteiger partial charge on any atom is 4.00 e. The zero-order valence-corrected chi connectivity index (χ0v) is 138.